The number of methoxy groups -OCH3 is 1. The molecule has 2 heterocycles. The molecule has 108 valence electrons. The molecule has 2 aliphatic carbocycles. The Morgan fingerprint density at radius 3 is 3.10 bits per heavy atom. The first-order valence-electron chi connectivity index (χ1n) is 7.71. The Kier molecular flexibility index (Phi) is 2.10. The van der Waals surface area contributed by atoms with Crippen molar-refractivity contribution >= 4 is 0 Å². The van der Waals surface area contributed by atoms with Crippen molar-refractivity contribution in [1.82, 2.24) is 4.90 Å². The number of likely N-dealkylation sites (tertiary alicyclic amines) is 1. The maximum absolute atomic E-state index is 6.36. The van der Waals surface area contributed by atoms with E-state index in [1.807, 2.05) is 0 Å². The van der Waals surface area contributed by atoms with E-state index in [0.717, 1.165) is 30.9 Å². The second-order valence-corrected chi connectivity index (χ2v) is 6.61. The van der Waals surface area contributed by atoms with Gasteiger partial charge in [0.05, 0.1) is 12.5 Å². The monoisotopic (exact) mass is 281 g/mol. The Hall–Kier alpha value is -1.74. The van der Waals surface area contributed by atoms with Gasteiger partial charge in [0.1, 0.15) is 11.5 Å². The molecule has 0 radical (unpaired) electrons. The number of piperidine rings is 1. The molecule has 2 aliphatic heterocycles. The van der Waals surface area contributed by atoms with Gasteiger partial charge in [0.25, 0.3) is 0 Å². The number of hydrogen-bond donors (Lipinski definition) is 0. The Balaban J connectivity index is 1.85. The molecular weight excluding hydrogens is 262 g/mol. The largest absolute Gasteiger partial charge is 0.497 e. The number of ether oxygens (including phenoxy) is 2. The van der Waals surface area contributed by atoms with Gasteiger partial charge in [-0.05, 0) is 49.7 Å². The maximum Gasteiger partial charge on any atom is 0.169 e. The second-order valence-electron chi connectivity index (χ2n) is 6.61. The first-order chi connectivity index (χ1) is 10.3. The number of benzene rings is 1. The lowest BCUT2D eigenvalue weighted by Crippen LogP contribution is -2.58. The van der Waals surface area contributed by atoms with Crippen LogP contribution in [0.4, 0.5) is 0 Å². The highest BCUT2D eigenvalue weighted by Gasteiger charge is 2.61. The summed E-state index contributed by atoms with van der Waals surface area (Å²) in [5, 5.41) is 0. The first kappa shape index (κ1) is 11.9. The van der Waals surface area contributed by atoms with Crippen LogP contribution in [0.3, 0.4) is 0 Å². The van der Waals surface area contributed by atoms with E-state index in [9.17, 15) is 0 Å². The lowest BCUT2D eigenvalue weighted by molar-refractivity contribution is 0.0743. The van der Waals surface area contributed by atoms with Crippen LogP contribution in [0.15, 0.2) is 41.7 Å². The average Bonchev–Trinajstić information content (AvgIpc) is 2.84. The predicted octanol–water partition coefficient (Wildman–Crippen LogP) is 2.42. The van der Waals surface area contributed by atoms with Gasteiger partial charge in [-0.15, -0.1) is 0 Å². The Labute approximate surface area is 124 Å². The van der Waals surface area contributed by atoms with Crippen LogP contribution < -0.4 is 4.74 Å². The molecule has 2 bridgehead atoms. The average molecular weight is 281 g/mol. The first-order valence-corrected chi connectivity index (χ1v) is 7.71. The molecule has 0 N–H and O–H groups in total. The third kappa shape index (κ3) is 1.21. The van der Waals surface area contributed by atoms with Gasteiger partial charge in [-0.3, -0.25) is 4.90 Å². The zero-order valence-corrected chi connectivity index (χ0v) is 12.4. The minimum Gasteiger partial charge on any atom is -0.497 e. The fraction of sp³-hybridized carbons (Fsp3) is 0.444. The van der Waals surface area contributed by atoms with Crippen LogP contribution >= 0.6 is 0 Å². The normalized spacial score (nSPS) is 35.5. The van der Waals surface area contributed by atoms with Crippen molar-refractivity contribution in [1.29, 1.82) is 0 Å². The van der Waals surface area contributed by atoms with Gasteiger partial charge in [-0.25, -0.2) is 0 Å². The van der Waals surface area contributed by atoms with E-state index in [1.165, 1.54) is 16.7 Å². The number of nitrogens with zero attached hydrogens (tertiary/aromatic N) is 1. The molecule has 1 aromatic rings. The molecule has 5 rings (SSSR count). The van der Waals surface area contributed by atoms with Gasteiger partial charge < -0.3 is 9.47 Å². The Morgan fingerprint density at radius 2 is 2.24 bits per heavy atom. The highest BCUT2D eigenvalue weighted by atomic mass is 16.5. The summed E-state index contributed by atoms with van der Waals surface area (Å²) in [6, 6.07) is 7.03. The summed E-state index contributed by atoms with van der Waals surface area (Å²) < 4.78 is 12.0. The van der Waals surface area contributed by atoms with E-state index >= 15 is 0 Å². The van der Waals surface area contributed by atoms with Crippen LogP contribution in [0, 0.1) is 0 Å². The van der Waals surface area contributed by atoms with Gasteiger partial charge in [0.15, 0.2) is 6.10 Å². The Morgan fingerprint density at radius 1 is 1.33 bits per heavy atom. The standard InChI is InChI=1S/C18H19NO2/c1-19-9-8-18-12-6-7-15(20-2)17(18)21-14-5-3-4-11(16(14)18)10-13(12)19/h3-7,13,17H,8-10H2,1-2H3/t13-,17+,18?/m1/s1. The topological polar surface area (TPSA) is 21.7 Å². The molecule has 1 fully saturated rings. The van der Waals surface area contributed by atoms with Gasteiger partial charge in [-0.2, -0.15) is 0 Å². The van der Waals surface area contributed by atoms with E-state index in [4.69, 9.17) is 9.47 Å². The lowest BCUT2D eigenvalue weighted by Gasteiger charge is -2.52. The van der Waals surface area contributed by atoms with E-state index < -0.39 is 0 Å². The molecule has 3 atom stereocenters. The van der Waals surface area contributed by atoms with Crippen molar-refractivity contribution in [3.8, 4) is 5.75 Å². The zero-order valence-electron chi connectivity index (χ0n) is 12.4. The molecule has 0 saturated carbocycles. The predicted molar refractivity (Wildman–Crippen MR) is 80.5 cm³/mol. The minimum atomic E-state index is 0.0153. The van der Waals surface area contributed by atoms with E-state index in [2.05, 4.69) is 42.3 Å². The summed E-state index contributed by atoms with van der Waals surface area (Å²) >= 11 is 0. The molecule has 21 heavy (non-hydrogen) atoms. The zero-order chi connectivity index (χ0) is 14.2. The fourth-order valence-corrected chi connectivity index (χ4v) is 4.92. The number of hydrogen-bond acceptors (Lipinski definition) is 3. The summed E-state index contributed by atoms with van der Waals surface area (Å²) in [7, 11) is 4.00. The molecule has 4 aliphatic rings. The van der Waals surface area contributed by atoms with Crippen LogP contribution in [-0.4, -0.2) is 37.7 Å². The molecule has 3 heteroatoms. The van der Waals surface area contributed by atoms with Crippen molar-refractivity contribution < 1.29 is 9.47 Å². The summed E-state index contributed by atoms with van der Waals surface area (Å²) in [6.45, 7) is 1.12. The molecule has 1 unspecified atom stereocenters. The SMILES string of the molecule is COC1=CC=C2[C@H]3Cc4cccc5c4C2(CCN3C)[C@H]1O5. The van der Waals surface area contributed by atoms with Crippen LogP contribution in [0.1, 0.15) is 17.5 Å². The lowest BCUT2D eigenvalue weighted by atomic mass is 9.57. The third-order valence-electron chi connectivity index (χ3n) is 5.85. The number of rotatable bonds is 1. The van der Waals surface area contributed by atoms with Gasteiger partial charge in [0.2, 0.25) is 0 Å². The minimum absolute atomic E-state index is 0.0153. The summed E-state index contributed by atoms with van der Waals surface area (Å²) in [4.78, 5) is 2.49. The summed E-state index contributed by atoms with van der Waals surface area (Å²) in [5.74, 6) is 2.03. The molecule has 1 saturated heterocycles. The number of allylic oxidation sites excluding steroid dienone is 2. The smallest absolute Gasteiger partial charge is 0.169 e. The molecule has 1 spiro atoms. The summed E-state index contributed by atoms with van der Waals surface area (Å²) in [5.41, 5.74) is 4.44. The van der Waals surface area contributed by atoms with Crippen molar-refractivity contribution in [3.63, 3.8) is 0 Å². The van der Waals surface area contributed by atoms with Crippen LogP contribution in [0.25, 0.3) is 0 Å². The number of likely N-dealkylation sites (N-methyl/N-ethyl adjacent to an activating group) is 1. The van der Waals surface area contributed by atoms with Crippen molar-refractivity contribution in [2.24, 2.45) is 0 Å². The van der Waals surface area contributed by atoms with Crippen molar-refractivity contribution in [3.05, 3.63) is 52.8 Å². The van der Waals surface area contributed by atoms with Gasteiger partial charge in [0, 0.05) is 11.6 Å². The van der Waals surface area contributed by atoms with E-state index in [-0.39, 0.29) is 11.5 Å². The highest BCUT2D eigenvalue weighted by molar-refractivity contribution is 5.63. The van der Waals surface area contributed by atoms with Crippen LogP contribution in [0.5, 0.6) is 5.75 Å². The summed E-state index contributed by atoms with van der Waals surface area (Å²) in [6.07, 6.45) is 6.64. The maximum atomic E-state index is 6.36. The van der Waals surface area contributed by atoms with Gasteiger partial charge >= 0.3 is 0 Å². The molecule has 1 aromatic carbocycles. The quantitative estimate of drug-likeness (QED) is 0.789. The molecular formula is C18H19NO2. The third-order valence-corrected chi connectivity index (χ3v) is 5.85. The van der Waals surface area contributed by atoms with Crippen molar-refractivity contribution in [2.75, 3.05) is 20.7 Å². The second kappa shape index (κ2) is 3.72. The van der Waals surface area contributed by atoms with Crippen molar-refractivity contribution in [2.45, 2.75) is 30.4 Å². The Bertz CT molecular complexity index is 705. The van der Waals surface area contributed by atoms with E-state index in [0.29, 0.717) is 6.04 Å². The highest BCUT2D eigenvalue weighted by Crippen LogP contribution is 2.60. The van der Waals surface area contributed by atoms with E-state index in [1.54, 1.807) is 7.11 Å². The fourth-order valence-electron chi connectivity index (χ4n) is 4.92. The molecule has 0 aromatic heterocycles. The molecule has 3 nitrogen and oxygen atoms in total. The van der Waals surface area contributed by atoms with Gasteiger partial charge in [-0.1, -0.05) is 18.2 Å². The van der Waals surface area contributed by atoms with Crippen LogP contribution in [0.2, 0.25) is 0 Å². The van der Waals surface area contributed by atoms with Crippen LogP contribution in [-0.2, 0) is 16.6 Å². The molecule has 0 amide bonds.